The van der Waals surface area contributed by atoms with E-state index >= 15 is 0 Å². The summed E-state index contributed by atoms with van der Waals surface area (Å²) < 4.78 is 0. The third-order valence-electron chi connectivity index (χ3n) is 4.61. The highest BCUT2D eigenvalue weighted by atomic mass is 16.4. The molecule has 3 nitrogen and oxygen atoms in total. The molecule has 0 aromatic heterocycles. The Morgan fingerprint density at radius 1 is 1.18 bits per heavy atom. The van der Waals surface area contributed by atoms with Crippen LogP contribution in [0.1, 0.15) is 58.3 Å². The fourth-order valence-electron chi connectivity index (χ4n) is 3.28. The molecule has 0 radical (unpaired) electrons. The van der Waals surface area contributed by atoms with Crippen LogP contribution in [-0.2, 0) is 4.79 Å². The molecule has 0 aromatic carbocycles. The van der Waals surface area contributed by atoms with E-state index in [4.69, 9.17) is 0 Å². The predicted octanol–water partition coefficient (Wildman–Crippen LogP) is 2.90. The number of rotatable bonds is 2. The normalized spacial score (nSPS) is 33.2. The van der Waals surface area contributed by atoms with Gasteiger partial charge in [0.15, 0.2) is 0 Å². The van der Waals surface area contributed by atoms with Crippen LogP contribution < -0.4 is 0 Å². The summed E-state index contributed by atoms with van der Waals surface area (Å²) >= 11 is 0. The molecule has 2 fully saturated rings. The van der Waals surface area contributed by atoms with Crippen molar-refractivity contribution in [2.75, 3.05) is 13.1 Å². The lowest BCUT2D eigenvalue weighted by Crippen LogP contribution is -2.37. The standard InChI is InChI=1S/C14H25NO2/c1-14(13(16)17)9-10-15(11-14)12-7-5-3-2-4-6-8-12/h12H,2-11H2,1H3,(H,16,17). The van der Waals surface area contributed by atoms with Gasteiger partial charge in [-0.1, -0.05) is 32.1 Å². The number of carboxylic acid groups (broad SMARTS) is 1. The van der Waals surface area contributed by atoms with Crippen molar-refractivity contribution in [3.05, 3.63) is 0 Å². The second-order valence-electron chi connectivity index (χ2n) is 6.09. The van der Waals surface area contributed by atoms with Crippen molar-refractivity contribution in [1.82, 2.24) is 4.90 Å². The number of hydrogen-bond donors (Lipinski definition) is 1. The van der Waals surface area contributed by atoms with Gasteiger partial charge in [-0.05, 0) is 32.7 Å². The van der Waals surface area contributed by atoms with Crippen molar-refractivity contribution < 1.29 is 9.90 Å². The van der Waals surface area contributed by atoms with Gasteiger partial charge in [0.2, 0.25) is 0 Å². The van der Waals surface area contributed by atoms with E-state index in [1.807, 2.05) is 6.92 Å². The zero-order valence-electron chi connectivity index (χ0n) is 11.0. The Morgan fingerprint density at radius 2 is 1.76 bits per heavy atom. The minimum Gasteiger partial charge on any atom is -0.481 e. The Morgan fingerprint density at radius 3 is 2.29 bits per heavy atom. The molecule has 1 atom stereocenters. The first-order valence-electron chi connectivity index (χ1n) is 7.09. The van der Waals surface area contributed by atoms with Gasteiger partial charge in [0, 0.05) is 12.6 Å². The molecular weight excluding hydrogens is 214 g/mol. The fourth-order valence-corrected chi connectivity index (χ4v) is 3.28. The summed E-state index contributed by atoms with van der Waals surface area (Å²) in [4.78, 5) is 13.7. The maximum Gasteiger partial charge on any atom is 0.310 e. The van der Waals surface area contributed by atoms with Crippen LogP contribution in [0.2, 0.25) is 0 Å². The molecule has 1 aliphatic heterocycles. The Kier molecular flexibility index (Phi) is 4.08. The summed E-state index contributed by atoms with van der Waals surface area (Å²) in [6, 6.07) is 0.650. The van der Waals surface area contributed by atoms with Gasteiger partial charge in [0.25, 0.3) is 0 Å². The van der Waals surface area contributed by atoms with Crippen LogP contribution in [-0.4, -0.2) is 35.1 Å². The topological polar surface area (TPSA) is 40.5 Å². The van der Waals surface area contributed by atoms with Crippen molar-refractivity contribution >= 4 is 5.97 Å². The zero-order valence-corrected chi connectivity index (χ0v) is 11.0. The SMILES string of the molecule is CC1(C(=O)O)CCN(C2CCCCCCC2)C1. The summed E-state index contributed by atoms with van der Waals surface area (Å²) in [6.45, 7) is 3.64. The van der Waals surface area contributed by atoms with Gasteiger partial charge in [0.1, 0.15) is 0 Å². The summed E-state index contributed by atoms with van der Waals surface area (Å²) in [7, 11) is 0. The maximum absolute atomic E-state index is 11.2. The molecule has 1 saturated carbocycles. The Bertz CT molecular complexity index is 271. The third kappa shape index (κ3) is 3.01. The van der Waals surface area contributed by atoms with E-state index in [1.165, 1.54) is 44.9 Å². The zero-order chi connectivity index (χ0) is 12.3. The molecule has 1 unspecified atom stereocenters. The van der Waals surface area contributed by atoms with Crippen LogP contribution in [0.25, 0.3) is 0 Å². The lowest BCUT2D eigenvalue weighted by atomic mass is 9.90. The van der Waals surface area contributed by atoms with Gasteiger partial charge in [-0.2, -0.15) is 0 Å². The molecule has 0 bridgehead atoms. The lowest BCUT2D eigenvalue weighted by molar-refractivity contribution is -0.147. The minimum absolute atomic E-state index is 0.498. The minimum atomic E-state index is -0.620. The van der Waals surface area contributed by atoms with Crippen molar-refractivity contribution in [2.24, 2.45) is 5.41 Å². The van der Waals surface area contributed by atoms with Crippen LogP contribution >= 0.6 is 0 Å². The van der Waals surface area contributed by atoms with Crippen LogP contribution in [0, 0.1) is 5.41 Å². The number of carbonyl (C=O) groups is 1. The van der Waals surface area contributed by atoms with Gasteiger partial charge < -0.3 is 5.11 Å². The first-order chi connectivity index (χ1) is 8.12. The van der Waals surface area contributed by atoms with Gasteiger partial charge in [-0.3, -0.25) is 9.69 Å². The first kappa shape index (κ1) is 12.9. The number of aliphatic carboxylic acids is 1. The van der Waals surface area contributed by atoms with E-state index in [9.17, 15) is 9.90 Å². The van der Waals surface area contributed by atoms with E-state index in [-0.39, 0.29) is 0 Å². The van der Waals surface area contributed by atoms with E-state index in [2.05, 4.69) is 4.90 Å². The lowest BCUT2D eigenvalue weighted by Gasteiger charge is -2.30. The second-order valence-corrected chi connectivity index (χ2v) is 6.09. The number of likely N-dealkylation sites (tertiary alicyclic amines) is 1. The summed E-state index contributed by atoms with van der Waals surface area (Å²) in [5.41, 5.74) is -0.498. The molecule has 0 amide bonds. The summed E-state index contributed by atoms with van der Waals surface area (Å²) in [5.74, 6) is -0.620. The maximum atomic E-state index is 11.2. The number of carboxylic acids is 1. The van der Waals surface area contributed by atoms with Gasteiger partial charge in [-0.15, -0.1) is 0 Å². The molecule has 2 aliphatic rings. The van der Waals surface area contributed by atoms with Crippen molar-refractivity contribution in [1.29, 1.82) is 0 Å². The summed E-state index contributed by atoms with van der Waals surface area (Å²) in [5, 5.41) is 9.26. The smallest absolute Gasteiger partial charge is 0.310 e. The average Bonchev–Trinajstić information content (AvgIpc) is 2.62. The molecule has 3 heteroatoms. The third-order valence-corrected chi connectivity index (χ3v) is 4.61. The molecule has 1 saturated heterocycles. The highest BCUT2D eigenvalue weighted by Gasteiger charge is 2.42. The number of hydrogen-bond acceptors (Lipinski definition) is 2. The second kappa shape index (κ2) is 5.38. The summed E-state index contributed by atoms with van der Waals surface area (Å²) in [6.07, 6.45) is 10.1. The quantitative estimate of drug-likeness (QED) is 0.805. The van der Waals surface area contributed by atoms with Gasteiger partial charge in [-0.25, -0.2) is 0 Å². The molecule has 1 aliphatic carbocycles. The predicted molar refractivity (Wildman–Crippen MR) is 68.0 cm³/mol. The molecule has 2 rings (SSSR count). The largest absolute Gasteiger partial charge is 0.481 e. The van der Waals surface area contributed by atoms with E-state index in [1.54, 1.807) is 0 Å². The highest BCUT2D eigenvalue weighted by molar-refractivity contribution is 5.74. The van der Waals surface area contributed by atoms with Crippen molar-refractivity contribution in [3.63, 3.8) is 0 Å². The molecule has 0 aromatic rings. The van der Waals surface area contributed by atoms with Gasteiger partial charge >= 0.3 is 5.97 Å². The van der Waals surface area contributed by atoms with E-state index < -0.39 is 11.4 Å². The monoisotopic (exact) mass is 239 g/mol. The molecule has 1 N–H and O–H groups in total. The molecule has 1 heterocycles. The Hall–Kier alpha value is -0.570. The fraction of sp³-hybridized carbons (Fsp3) is 0.929. The Labute approximate surface area is 104 Å². The van der Waals surface area contributed by atoms with Crippen LogP contribution in [0.3, 0.4) is 0 Å². The molecule has 98 valence electrons. The highest BCUT2D eigenvalue weighted by Crippen LogP contribution is 2.34. The molecule has 17 heavy (non-hydrogen) atoms. The van der Waals surface area contributed by atoms with Crippen molar-refractivity contribution in [3.8, 4) is 0 Å². The number of nitrogens with zero attached hydrogens (tertiary/aromatic N) is 1. The molecule has 0 spiro atoms. The Balaban J connectivity index is 1.92. The first-order valence-corrected chi connectivity index (χ1v) is 7.09. The van der Waals surface area contributed by atoms with Crippen molar-refractivity contribution in [2.45, 2.75) is 64.3 Å². The molecular formula is C14H25NO2. The van der Waals surface area contributed by atoms with Crippen LogP contribution in [0.15, 0.2) is 0 Å². The van der Waals surface area contributed by atoms with E-state index in [0.717, 1.165) is 19.5 Å². The van der Waals surface area contributed by atoms with Crippen LogP contribution in [0.4, 0.5) is 0 Å². The van der Waals surface area contributed by atoms with Gasteiger partial charge in [0.05, 0.1) is 5.41 Å². The van der Waals surface area contributed by atoms with E-state index in [0.29, 0.717) is 6.04 Å². The average molecular weight is 239 g/mol. The van der Waals surface area contributed by atoms with Crippen LogP contribution in [0.5, 0.6) is 0 Å².